The minimum atomic E-state index is -0.517. The highest BCUT2D eigenvalue weighted by atomic mass is 16.1. The lowest BCUT2D eigenvalue weighted by Crippen LogP contribution is -2.16. The van der Waals surface area contributed by atoms with E-state index in [2.05, 4.69) is 57.5 Å². The van der Waals surface area contributed by atoms with E-state index in [1.54, 1.807) is 18.3 Å². The first kappa shape index (κ1) is 20.2. The van der Waals surface area contributed by atoms with Gasteiger partial charge in [-0.05, 0) is 42.7 Å². The SMILES string of the molecule is Cc1cc(C=NNc2nc(-c3ccccc3)c(C#N)c(=O)[nH]2)c(C)c2c1[nH]c1ccccc12. The van der Waals surface area contributed by atoms with E-state index in [0.29, 0.717) is 11.3 Å². The molecule has 0 aliphatic rings. The lowest BCUT2D eigenvalue weighted by atomic mass is 9.99. The van der Waals surface area contributed by atoms with E-state index in [9.17, 15) is 10.1 Å². The lowest BCUT2D eigenvalue weighted by Gasteiger charge is -2.07. The number of hydrazone groups is 1. The number of aryl methyl sites for hydroxylation is 2. The molecule has 0 saturated carbocycles. The van der Waals surface area contributed by atoms with Gasteiger partial charge in [0, 0.05) is 27.4 Å². The molecule has 0 radical (unpaired) electrons. The van der Waals surface area contributed by atoms with Crippen LogP contribution in [0.15, 0.2) is 70.6 Å². The second-order valence-corrected chi connectivity index (χ2v) is 7.81. The Bertz CT molecular complexity index is 1640. The maximum atomic E-state index is 12.4. The van der Waals surface area contributed by atoms with Gasteiger partial charge in [-0.2, -0.15) is 10.4 Å². The fourth-order valence-electron chi connectivity index (χ4n) is 4.12. The van der Waals surface area contributed by atoms with Crippen molar-refractivity contribution >= 4 is 34.0 Å². The van der Waals surface area contributed by atoms with Crippen LogP contribution in [0.25, 0.3) is 33.1 Å². The van der Waals surface area contributed by atoms with Crippen molar-refractivity contribution in [2.75, 3.05) is 5.43 Å². The van der Waals surface area contributed by atoms with Crippen LogP contribution in [0.1, 0.15) is 22.3 Å². The maximum absolute atomic E-state index is 12.4. The van der Waals surface area contributed by atoms with E-state index in [-0.39, 0.29) is 11.5 Å². The topological polar surface area (TPSA) is 110 Å². The molecule has 0 aliphatic heterocycles. The number of para-hydroxylation sites is 1. The van der Waals surface area contributed by atoms with Gasteiger partial charge < -0.3 is 4.98 Å². The highest BCUT2D eigenvalue weighted by Gasteiger charge is 2.14. The number of H-pyrrole nitrogens is 2. The van der Waals surface area contributed by atoms with Gasteiger partial charge in [0.15, 0.2) is 0 Å². The Balaban J connectivity index is 1.52. The number of aromatic amines is 2. The number of anilines is 1. The molecule has 0 saturated heterocycles. The molecule has 2 aromatic heterocycles. The molecular formula is C26H20N6O. The van der Waals surface area contributed by atoms with E-state index < -0.39 is 5.56 Å². The molecule has 0 aliphatic carbocycles. The minimum Gasteiger partial charge on any atom is -0.354 e. The second kappa shape index (κ2) is 8.09. The average molecular weight is 432 g/mol. The smallest absolute Gasteiger partial charge is 0.270 e. The van der Waals surface area contributed by atoms with Crippen molar-refractivity contribution in [3.8, 4) is 17.3 Å². The van der Waals surface area contributed by atoms with Crippen molar-refractivity contribution in [3.05, 3.63) is 93.3 Å². The van der Waals surface area contributed by atoms with Crippen molar-refractivity contribution in [2.24, 2.45) is 5.10 Å². The number of hydrogen-bond donors (Lipinski definition) is 3. The molecule has 5 rings (SSSR count). The monoisotopic (exact) mass is 432 g/mol. The predicted octanol–water partition coefficient (Wildman–Crippen LogP) is 5.01. The van der Waals surface area contributed by atoms with Crippen LogP contribution in [0.4, 0.5) is 5.95 Å². The number of aromatic nitrogens is 3. The molecule has 7 heteroatoms. The van der Waals surface area contributed by atoms with Gasteiger partial charge in [-0.15, -0.1) is 0 Å². The Hall–Kier alpha value is -4.70. The summed E-state index contributed by atoms with van der Waals surface area (Å²) in [5.41, 5.74) is 8.63. The van der Waals surface area contributed by atoms with Crippen LogP contribution in [0.2, 0.25) is 0 Å². The van der Waals surface area contributed by atoms with Gasteiger partial charge in [0.1, 0.15) is 11.6 Å². The molecule has 33 heavy (non-hydrogen) atoms. The highest BCUT2D eigenvalue weighted by Crippen LogP contribution is 2.31. The van der Waals surface area contributed by atoms with Crippen molar-refractivity contribution in [3.63, 3.8) is 0 Å². The third-order valence-electron chi connectivity index (χ3n) is 5.73. The van der Waals surface area contributed by atoms with Crippen LogP contribution in [0, 0.1) is 25.2 Å². The third-order valence-corrected chi connectivity index (χ3v) is 5.73. The first-order chi connectivity index (χ1) is 16.1. The van der Waals surface area contributed by atoms with Crippen molar-refractivity contribution in [1.82, 2.24) is 15.0 Å². The van der Waals surface area contributed by atoms with E-state index in [4.69, 9.17) is 0 Å². The first-order valence-electron chi connectivity index (χ1n) is 10.5. The number of benzene rings is 3. The molecule has 7 nitrogen and oxygen atoms in total. The van der Waals surface area contributed by atoms with Crippen molar-refractivity contribution in [1.29, 1.82) is 5.26 Å². The first-order valence-corrected chi connectivity index (χ1v) is 10.5. The van der Waals surface area contributed by atoms with E-state index in [1.165, 1.54) is 10.8 Å². The van der Waals surface area contributed by atoms with Gasteiger partial charge in [-0.3, -0.25) is 9.78 Å². The van der Waals surface area contributed by atoms with Crippen LogP contribution in [0.3, 0.4) is 0 Å². The largest absolute Gasteiger partial charge is 0.354 e. The number of hydrogen-bond acceptors (Lipinski definition) is 5. The van der Waals surface area contributed by atoms with Gasteiger partial charge in [0.2, 0.25) is 5.95 Å². The zero-order valence-electron chi connectivity index (χ0n) is 18.1. The highest BCUT2D eigenvalue weighted by molar-refractivity contribution is 6.12. The Morgan fingerprint density at radius 1 is 1.06 bits per heavy atom. The summed E-state index contributed by atoms with van der Waals surface area (Å²) in [5.74, 6) is 0.164. The summed E-state index contributed by atoms with van der Waals surface area (Å²) < 4.78 is 0. The fourth-order valence-corrected chi connectivity index (χ4v) is 4.12. The van der Waals surface area contributed by atoms with Crippen LogP contribution in [-0.2, 0) is 0 Å². The molecule has 5 aromatic rings. The maximum Gasteiger partial charge on any atom is 0.270 e. The molecule has 0 spiro atoms. The molecule has 0 unspecified atom stereocenters. The summed E-state index contributed by atoms with van der Waals surface area (Å²) in [6.07, 6.45) is 1.71. The van der Waals surface area contributed by atoms with Crippen LogP contribution in [-0.4, -0.2) is 21.2 Å². The molecule has 0 fully saturated rings. The molecule has 3 aromatic carbocycles. The van der Waals surface area contributed by atoms with Crippen LogP contribution < -0.4 is 11.0 Å². The number of nitrogens with zero attached hydrogens (tertiary/aromatic N) is 3. The Labute approximate surface area is 189 Å². The third kappa shape index (κ3) is 3.54. The quantitative estimate of drug-likeness (QED) is 0.274. The normalized spacial score (nSPS) is 11.3. The van der Waals surface area contributed by atoms with E-state index in [0.717, 1.165) is 27.7 Å². The summed E-state index contributed by atoms with van der Waals surface area (Å²) in [4.78, 5) is 22.9. The van der Waals surface area contributed by atoms with Crippen LogP contribution in [0.5, 0.6) is 0 Å². The molecule has 3 N–H and O–H groups in total. The average Bonchev–Trinajstić information content (AvgIpc) is 3.23. The van der Waals surface area contributed by atoms with Gasteiger partial charge in [-0.1, -0.05) is 48.5 Å². The number of rotatable bonds is 4. The number of fused-ring (bicyclic) bond motifs is 3. The zero-order chi connectivity index (χ0) is 22.9. The molecular weight excluding hydrogens is 412 g/mol. The van der Waals surface area contributed by atoms with Crippen molar-refractivity contribution in [2.45, 2.75) is 13.8 Å². The zero-order valence-corrected chi connectivity index (χ0v) is 18.1. The molecule has 160 valence electrons. The van der Waals surface area contributed by atoms with Gasteiger partial charge in [0.05, 0.1) is 11.9 Å². The summed E-state index contributed by atoms with van der Waals surface area (Å²) in [5, 5.41) is 16.1. The fraction of sp³-hybridized carbons (Fsp3) is 0.0769. The summed E-state index contributed by atoms with van der Waals surface area (Å²) in [6.45, 7) is 4.13. The molecule has 0 bridgehead atoms. The lowest BCUT2D eigenvalue weighted by molar-refractivity contribution is 1.08. The predicted molar refractivity (Wildman–Crippen MR) is 132 cm³/mol. The van der Waals surface area contributed by atoms with Crippen LogP contribution >= 0.6 is 0 Å². The summed E-state index contributed by atoms with van der Waals surface area (Å²) >= 11 is 0. The van der Waals surface area contributed by atoms with Gasteiger partial charge in [-0.25, -0.2) is 10.4 Å². The standard InChI is InChI=1S/C26H20N6O/c1-15-12-18(16(2)22-19-10-6-7-11-21(19)29-23(15)22)14-28-32-26-30-24(17-8-4-3-5-9-17)20(13-27)25(33)31-26/h3-12,14,29H,1-2H3,(H2,30,31,32,33). The second-order valence-electron chi connectivity index (χ2n) is 7.81. The Morgan fingerprint density at radius 3 is 2.61 bits per heavy atom. The molecule has 0 amide bonds. The minimum absolute atomic E-state index is 0.0352. The van der Waals surface area contributed by atoms with Gasteiger partial charge >= 0.3 is 0 Å². The number of nitrogens with one attached hydrogen (secondary N) is 3. The van der Waals surface area contributed by atoms with E-state index in [1.807, 2.05) is 36.4 Å². The van der Waals surface area contributed by atoms with E-state index >= 15 is 0 Å². The molecule has 0 atom stereocenters. The molecule has 2 heterocycles. The van der Waals surface area contributed by atoms with Gasteiger partial charge in [0.25, 0.3) is 5.56 Å². The Morgan fingerprint density at radius 2 is 1.82 bits per heavy atom. The summed E-state index contributed by atoms with van der Waals surface area (Å²) in [7, 11) is 0. The Kier molecular flexibility index (Phi) is 4.96. The number of nitriles is 1. The summed E-state index contributed by atoms with van der Waals surface area (Å²) in [6, 6.07) is 21.4. The van der Waals surface area contributed by atoms with Crippen molar-refractivity contribution < 1.29 is 0 Å².